The summed E-state index contributed by atoms with van der Waals surface area (Å²) in [5.41, 5.74) is 0. The summed E-state index contributed by atoms with van der Waals surface area (Å²) in [6.45, 7) is 0. The molecule has 0 aromatic heterocycles. The van der Waals surface area contributed by atoms with Crippen molar-refractivity contribution < 1.29 is 133 Å². The molecule has 1 atom stereocenters. The van der Waals surface area contributed by atoms with E-state index in [4.69, 9.17) is 0 Å². The minimum atomic E-state index is -3.39. The van der Waals surface area contributed by atoms with Crippen molar-refractivity contribution >= 4 is 17.9 Å². The number of methoxy groups -OCH3 is 2. The minimum Gasteiger partial charge on any atom is -0.545 e. The summed E-state index contributed by atoms with van der Waals surface area (Å²) in [7, 11) is 1.47. The Morgan fingerprint density at radius 3 is 1.47 bits per heavy atom. The molecular weight excluding hydrogens is 297 g/mol. The molecule has 92 valence electrons. The average Bonchev–Trinajstić information content (AvgIpc) is 2.18. The molecular formula is C7H7Na3O9. The zero-order valence-electron chi connectivity index (χ0n) is 11.3. The third-order valence-corrected chi connectivity index (χ3v) is 1.50. The van der Waals surface area contributed by atoms with Gasteiger partial charge in [-0.1, -0.05) is 0 Å². The molecule has 0 aliphatic heterocycles. The Hall–Kier alpha value is 1.29. The molecule has 0 aliphatic rings. The number of carboxylic acids is 3. The maximum Gasteiger partial charge on any atom is 1.00 e. The second-order valence-electron chi connectivity index (χ2n) is 2.40. The van der Waals surface area contributed by atoms with Gasteiger partial charge in [-0.05, 0) is 0 Å². The SMILES string of the molecule is COC(OC(OC)(C(=O)[O-])C(=O)[O-])C(=O)[O-].[Na+].[Na+].[Na+]. The summed E-state index contributed by atoms with van der Waals surface area (Å²) in [6.07, 6.45) is -2.27. The van der Waals surface area contributed by atoms with Crippen molar-refractivity contribution in [1.29, 1.82) is 0 Å². The molecule has 12 heteroatoms. The van der Waals surface area contributed by atoms with Gasteiger partial charge < -0.3 is 43.9 Å². The number of aliphatic carboxylic acids is 3. The van der Waals surface area contributed by atoms with Crippen LogP contribution in [0.15, 0.2) is 0 Å². The molecule has 0 fully saturated rings. The number of hydrogen-bond donors (Lipinski definition) is 0. The fourth-order valence-corrected chi connectivity index (χ4v) is 0.738. The van der Waals surface area contributed by atoms with Crippen molar-refractivity contribution in [2.45, 2.75) is 12.1 Å². The van der Waals surface area contributed by atoms with Crippen LogP contribution in [0.1, 0.15) is 0 Å². The molecule has 1 unspecified atom stereocenters. The first-order chi connectivity index (χ1) is 7.31. The summed E-state index contributed by atoms with van der Waals surface area (Å²) in [5, 5.41) is 31.4. The third kappa shape index (κ3) is 7.74. The number of hydrogen-bond acceptors (Lipinski definition) is 9. The van der Waals surface area contributed by atoms with E-state index in [1.807, 2.05) is 0 Å². The van der Waals surface area contributed by atoms with Crippen LogP contribution in [-0.4, -0.2) is 44.2 Å². The second kappa shape index (κ2) is 13.0. The van der Waals surface area contributed by atoms with Gasteiger partial charge in [-0.2, -0.15) is 0 Å². The molecule has 19 heavy (non-hydrogen) atoms. The van der Waals surface area contributed by atoms with E-state index in [2.05, 4.69) is 14.2 Å². The zero-order valence-corrected chi connectivity index (χ0v) is 17.3. The fourth-order valence-electron chi connectivity index (χ4n) is 0.738. The van der Waals surface area contributed by atoms with Gasteiger partial charge >= 0.3 is 88.7 Å². The Morgan fingerprint density at radius 2 is 1.32 bits per heavy atom. The average molecular weight is 304 g/mol. The van der Waals surface area contributed by atoms with Crippen LogP contribution in [0.5, 0.6) is 0 Å². The number of carbonyl (C=O) groups excluding carboxylic acids is 3. The fraction of sp³-hybridized carbons (Fsp3) is 0.571. The smallest absolute Gasteiger partial charge is 0.545 e. The van der Waals surface area contributed by atoms with Gasteiger partial charge in [0.1, 0.15) is 11.9 Å². The Labute approximate surface area is 174 Å². The van der Waals surface area contributed by atoms with E-state index in [-0.39, 0.29) is 88.7 Å². The standard InChI is InChI=1S/C7H10O9.3Na/c1-14-4(3(8)9)16-7(15-2,5(10)11)6(12)13;;;/h4H,1-2H3,(H,8,9)(H,10,11)(H,12,13);;;/q;3*+1/p-3. The summed E-state index contributed by atoms with van der Waals surface area (Å²) in [4.78, 5) is 31.4. The predicted octanol–water partition coefficient (Wildman–Crippen LogP) is -14.4. The van der Waals surface area contributed by atoms with Gasteiger partial charge in [0.25, 0.3) is 5.79 Å². The molecule has 0 amide bonds. The van der Waals surface area contributed by atoms with E-state index in [0.717, 1.165) is 7.11 Å². The maximum absolute atomic E-state index is 10.5. The Morgan fingerprint density at radius 1 is 0.947 bits per heavy atom. The largest absolute Gasteiger partial charge is 1.00 e. The van der Waals surface area contributed by atoms with Gasteiger partial charge in [-0.15, -0.1) is 0 Å². The van der Waals surface area contributed by atoms with E-state index >= 15 is 0 Å². The Bertz CT molecular complexity index is 294. The first-order valence-electron chi connectivity index (χ1n) is 3.71. The predicted molar refractivity (Wildman–Crippen MR) is 36.6 cm³/mol. The molecule has 0 spiro atoms. The molecule has 0 saturated heterocycles. The normalized spacial score (nSPS) is 11.1. The first kappa shape index (κ1) is 28.5. The van der Waals surface area contributed by atoms with Crippen molar-refractivity contribution in [2.75, 3.05) is 14.2 Å². The third-order valence-electron chi connectivity index (χ3n) is 1.50. The van der Waals surface area contributed by atoms with Gasteiger partial charge in [0, 0.05) is 14.2 Å². The monoisotopic (exact) mass is 304 g/mol. The van der Waals surface area contributed by atoms with Crippen LogP contribution in [0, 0.1) is 0 Å². The zero-order chi connectivity index (χ0) is 12.9. The molecule has 0 N–H and O–H groups in total. The quantitative estimate of drug-likeness (QED) is 0.254. The van der Waals surface area contributed by atoms with E-state index in [1.165, 1.54) is 0 Å². The number of carbonyl (C=O) groups is 3. The van der Waals surface area contributed by atoms with E-state index < -0.39 is 30.0 Å². The van der Waals surface area contributed by atoms with Crippen LogP contribution in [0.4, 0.5) is 0 Å². The Kier molecular flexibility index (Phi) is 19.4. The van der Waals surface area contributed by atoms with E-state index in [9.17, 15) is 29.7 Å². The summed E-state index contributed by atoms with van der Waals surface area (Å²) >= 11 is 0. The van der Waals surface area contributed by atoms with Gasteiger partial charge in [-0.3, -0.25) is 0 Å². The van der Waals surface area contributed by atoms with Crippen LogP contribution < -0.4 is 104 Å². The van der Waals surface area contributed by atoms with Gasteiger partial charge in [0.2, 0.25) is 6.29 Å². The molecule has 0 rings (SSSR count). The van der Waals surface area contributed by atoms with Crippen LogP contribution >= 0.6 is 0 Å². The number of carboxylic acid groups (broad SMARTS) is 3. The van der Waals surface area contributed by atoms with Crippen LogP contribution in [0.2, 0.25) is 0 Å². The van der Waals surface area contributed by atoms with Crippen molar-refractivity contribution in [3.05, 3.63) is 0 Å². The van der Waals surface area contributed by atoms with Crippen molar-refractivity contribution in [3.8, 4) is 0 Å². The van der Waals surface area contributed by atoms with Gasteiger partial charge in [0.05, 0.1) is 5.97 Å². The molecule has 0 aromatic rings. The van der Waals surface area contributed by atoms with Crippen LogP contribution in [0.25, 0.3) is 0 Å². The summed E-state index contributed by atoms with van der Waals surface area (Å²) in [5.74, 6) is -10.1. The van der Waals surface area contributed by atoms with Crippen molar-refractivity contribution in [1.82, 2.24) is 0 Å². The van der Waals surface area contributed by atoms with Crippen LogP contribution in [-0.2, 0) is 28.6 Å². The number of ether oxygens (including phenoxy) is 3. The summed E-state index contributed by atoms with van der Waals surface area (Å²) in [6, 6.07) is 0. The second-order valence-corrected chi connectivity index (χ2v) is 2.40. The summed E-state index contributed by atoms with van der Waals surface area (Å²) < 4.78 is 12.2. The molecule has 0 aromatic carbocycles. The molecule has 0 heterocycles. The topological polar surface area (TPSA) is 148 Å². The van der Waals surface area contributed by atoms with E-state index in [0.29, 0.717) is 7.11 Å². The van der Waals surface area contributed by atoms with Crippen molar-refractivity contribution in [3.63, 3.8) is 0 Å². The molecule has 9 nitrogen and oxygen atoms in total. The minimum absolute atomic E-state index is 0. The van der Waals surface area contributed by atoms with Gasteiger partial charge in [-0.25, -0.2) is 0 Å². The number of rotatable bonds is 7. The van der Waals surface area contributed by atoms with Gasteiger partial charge in [0.15, 0.2) is 0 Å². The molecule has 0 saturated carbocycles. The van der Waals surface area contributed by atoms with E-state index in [1.54, 1.807) is 0 Å². The molecule has 0 bridgehead atoms. The van der Waals surface area contributed by atoms with Crippen molar-refractivity contribution in [2.24, 2.45) is 0 Å². The molecule has 0 aliphatic carbocycles. The first-order valence-corrected chi connectivity index (χ1v) is 3.71. The molecule has 0 radical (unpaired) electrons. The Balaban J connectivity index is -0.000000375. The maximum atomic E-state index is 10.5. The van der Waals surface area contributed by atoms with Crippen LogP contribution in [0.3, 0.4) is 0 Å².